The van der Waals surface area contributed by atoms with Crippen LogP contribution in [0.2, 0.25) is 0 Å². The predicted molar refractivity (Wildman–Crippen MR) is 54.1 cm³/mol. The van der Waals surface area contributed by atoms with Crippen molar-refractivity contribution in [1.29, 1.82) is 0 Å². The number of hydrogen-bond donors (Lipinski definition) is 0. The van der Waals surface area contributed by atoms with Gasteiger partial charge in [0, 0.05) is 0 Å². The number of benzene rings is 1. The lowest BCUT2D eigenvalue weighted by atomic mass is 10.3. The molecule has 5 heteroatoms. The van der Waals surface area contributed by atoms with Gasteiger partial charge < -0.3 is 18.9 Å². The Morgan fingerprint density at radius 3 is 2.62 bits per heavy atom. The van der Waals surface area contributed by atoms with Crippen LogP contribution in [0.15, 0.2) is 30.3 Å². The van der Waals surface area contributed by atoms with Crippen molar-refractivity contribution in [1.82, 2.24) is 0 Å². The van der Waals surface area contributed by atoms with Crippen molar-refractivity contribution in [3.05, 3.63) is 30.3 Å². The SMILES string of the molecule is O=C(OCC1OCCO1)Oc1ccccc1. The fourth-order valence-corrected chi connectivity index (χ4v) is 1.25. The summed E-state index contributed by atoms with van der Waals surface area (Å²) in [5.74, 6) is 0.445. The molecule has 0 bridgehead atoms. The van der Waals surface area contributed by atoms with Gasteiger partial charge in [-0.1, -0.05) is 18.2 Å². The van der Waals surface area contributed by atoms with E-state index >= 15 is 0 Å². The Bertz CT molecular complexity index is 331. The molecule has 1 aromatic rings. The number of para-hydroxylation sites is 1. The van der Waals surface area contributed by atoms with Gasteiger partial charge in [0.15, 0.2) is 6.29 Å². The zero-order valence-electron chi connectivity index (χ0n) is 8.63. The molecular weight excluding hydrogens is 212 g/mol. The highest BCUT2D eigenvalue weighted by atomic mass is 16.8. The standard InChI is InChI=1S/C11H12O5/c12-11(15-8-10-13-6-7-14-10)16-9-4-2-1-3-5-9/h1-5,10H,6-8H2. The van der Waals surface area contributed by atoms with Crippen LogP contribution in [0.1, 0.15) is 0 Å². The van der Waals surface area contributed by atoms with Crippen molar-refractivity contribution in [2.45, 2.75) is 6.29 Å². The van der Waals surface area contributed by atoms with E-state index in [-0.39, 0.29) is 6.61 Å². The molecule has 2 rings (SSSR count). The van der Waals surface area contributed by atoms with E-state index in [1.807, 2.05) is 6.07 Å². The Balaban J connectivity index is 1.72. The summed E-state index contributed by atoms with van der Waals surface area (Å²) in [6.45, 7) is 1.11. The molecule has 1 aliphatic heterocycles. The zero-order chi connectivity index (χ0) is 11.2. The minimum atomic E-state index is -0.759. The number of carbonyl (C=O) groups is 1. The van der Waals surface area contributed by atoms with Crippen molar-refractivity contribution in [2.75, 3.05) is 19.8 Å². The van der Waals surface area contributed by atoms with Crippen LogP contribution in [0.25, 0.3) is 0 Å². The second-order valence-corrected chi connectivity index (χ2v) is 3.15. The van der Waals surface area contributed by atoms with Crippen LogP contribution in [-0.2, 0) is 14.2 Å². The van der Waals surface area contributed by atoms with Gasteiger partial charge in [0.2, 0.25) is 0 Å². The first-order valence-corrected chi connectivity index (χ1v) is 4.97. The maximum Gasteiger partial charge on any atom is 0.514 e. The van der Waals surface area contributed by atoms with Gasteiger partial charge in [-0.3, -0.25) is 0 Å². The van der Waals surface area contributed by atoms with Crippen molar-refractivity contribution in [3.63, 3.8) is 0 Å². The summed E-state index contributed by atoms with van der Waals surface area (Å²) in [5.41, 5.74) is 0. The summed E-state index contributed by atoms with van der Waals surface area (Å²) >= 11 is 0. The topological polar surface area (TPSA) is 54.0 Å². The molecule has 0 amide bonds. The molecule has 1 aliphatic rings. The molecule has 5 nitrogen and oxygen atoms in total. The summed E-state index contributed by atoms with van der Waals surface area (Å²) in [7, 11) is 0. The van der Waals surface area contributed by atoms with Gasteiger partial charge in [-0.25, -0.2) is 4.79 Å². The van der Waals surface area contributed by atoms with Crippen LogP contribution in [0.3, 0.4) is 0 Å². The molecule has 1 heterocycles. The van der Waals surface area contributed by atoms with Crippen molar-refractivity contribution < 1.29 is 23.7 Å². The van der Waals surface area contributed by atoms with E-state index in [4.69, 9.17) is 18.9 Å². The van der Waals surface area contributed by atoms with Crippen LogP contribution >= 0.6 is 0 Å². The van der Waals surface area contributed by atoms with Crippen LogP contribution < -0.4 is 4.74 Å². The lowest BCUT2D eigenvalue weighted by molar-refractivity contribution is -0.0823. The van der Waals surface area contributed by atoms with Crippen molar-refractivity contribution in [2.24, 2.45) is 0 Å². The van der Waals surface area contributed by atoms with E-state index in [2.05, 4.69) is 0 Å². The molecule has 1 fully saturated rings. The van der Waals surface area contributed by atoms with Crippen molar-refractivity contribution in [3.8, 4) is 5.75 Å². The van der Waals surface area contributed by atoms with Gasteiger partial charge in [-0.05, 0) is 12.1 Å². The largest absolute Gasteiger partial charge is 0.514 e. The summed E-state index contributed by atoms with van der Waals surface area (Å²) in [6, 6.07) is 8.71. The molecule has 86 valence electrons. The van der Waals surface area contributed by atoms with Crippen LogP contribution in [0, 0.1) is 0 Å². The maximum atomic E-state index is 11.2. The van der Waals surface area contributed by atoms with Crippen LogP contribution in [0.5, 0.6) is 5.75 Å². The fraction of sp³-hybridized carbons (Fsp3) is 0.364. The van der Waals surface area contributed by atoms with Gasteiger partial charge in [-0.2, -0.15) is 0 Å². The number of ether oxygens (including phenoxy) is 4. The average molecular weight is 224 g/mol. The fourth-order valence-electron chi connectivity index (χ4n) is 1.25. The highest BCUT2D eigenvalue weighted by Gasteiger charge is 2.18. The minimum absolute atomic E-state index is 0.0473. The molecule has 1 aromatic carbocycles. The summed E-state index contributed by atoms with van der Waals surface area (Å²) in [5, 5.41) is 0. The monoisotopic (exact) mass is 224 g/mol. The molecule has 16 heavy (non-hydrogen) atoms. The molecule has 0 spiro atoms. The number of rotatable bonds is 3. The van der Waals surface area contributed by atoms with E-state index in [0.717, 1.165) is 0 Å². The van der Waals surface area contributed by atoms with Crippen LogP contribution in [0.4, 0.5) is 4.79 Å². The summed E-state index contributed by atoms with van der Waals surface area (Å²) in [6.07, 6.45) is -1.23. The molecule has 1 saturated heterocycles. The van der Waals surface area contributed by atoms with Gasteiger partial charge in [0.1, 0.15) is 12.4 Å². The quantitative estimate of drug-likeness (QED) is 0.576. The first-order valence-electron chi connectivity index (χ1n) is 4.97. The molecule has 0 aliphatic carbocycles. The number of hydrogen-bond acceptors (Lipinski definition) is 5. The molecule has 0 atom stereocenters. The molecule has 0 aromatic heterocycles. The summed E-state index contributed by atoms with van der Waals surface area (Å²) in [4.78, 5) is 11.2. The zero-order valence-corrected chi connectivity index (χ0v) is 8.63. The normalized spacial score (nSPS) is 16.0. The third kappa shape index (κ3) is 3.22. The Labute approximate surface area is 92.9 Å². The Hall–Kier alpha value is -1.59. The van der Waals surface area contributed by atoms with E-state index in [9.17, 15) is 4.79 Å². The average Bonchev–Trinajstić information content (AvgIpc) is 2.81. The molecule has 0 unspecified atom stereocenters. The predicted octanol–water partition coefficient (Wildman–Crippen LogP) is 1.57. The van der Waals surface area contributed by atoms with Crippen molar-refractivity contribution >= 4 is 6.16 Å². The van der Waals surface area contributed by atoms with E-state index in [0.29, 0.717) is 19.0 Å². The highest BCUT2D eigenvalue weighted by molar-refractivity contribution is 5.63. The lowest BCUT2D eigenvalue weighted by Crippen LogP contribution is -2.21. The number of carbonyl (C=O) groups excluding carboxylic acids is 1. The third-order valence-corrected chi connectivity index (χ3v) is 1.97. The molecular formula is C11H12O5. The Kier molecular flexibility index (Phi) is 3.74. The highest BCUT2D eigenvalue weighted by Crippen LogP contribution is 2.10. The second-order valence-electron chi connectivity index (χ2n) is 3.15. The second kappa shape index (κ2) is 5.48. The Morgan fingerprint density at radius 2 is 1.94 bits per heavy atom. The van der Waals surface area contributed by atoms with Crippen LogP contribution in [-0.4, -0.2) is 32.3 Å². The first kappa shape index (κ1) is 10.9. The molecule has 0 saturated carbocycles. The van der Waals surface area contributed by atoms with Gasteiger partial charge in [0.25, 0.3) is 0 Å². The Morgan fingerprint density at radius 1 is 1.25 bits per heavy atom. The van der Waals surface area contributed by atoms with E-state index < -0.39 is 12.4 Å². The maximum absolute atomic E-state index is 11.2. The van der Waals surface area contributed by atoms with Gasteiger partial charge in [-0.15, -0.1) is 0 Å². The minimum Gasteiger partial charge on any atom is -0.429 e. The van der Waals surface area contributed by atoms with Gasteiger partial charge in [0.05, 0.1) is 13.2 Å². The smallest absolute Gasteiger partial charge is 0.429 e. The van der Waals surface area contributed by atoms with Gasteiger partial charge >= 0.3 is 6.16 Å². The lowest BCUT2D eigenvalue weighted by Gasteiger charge is -2.09. The molecule has 0 radical (unpaired) electrons. The summed E-state index contributed by atoms with van der Waals surface area (Å²) < 4.78 is 19.9. The molecule has 0 N–H and O–H groups in total. The third-order valence-electron chi connectivity index (χ3n) is 1.97. The first-order chi connectivity index (χ1) is 7.84. The van der Waals surface area contributed by atoms with E-state index in [1.54, 1.807) is 24.3 Å². The van der Waals surface area contributed by atoms with E-state index in [1.165, 1.54) is 0 Å².